The van der Waals surface area contributed by atoms with Crippen molar-refractivity contribution in [3.63, 3.8) is 0 Å². The smallest absolute Gasteiger partial charge is 0.220 e. The molecule has 0 aliphatic rings. The molecule has 21 heavy (non-hydrogen) atoms. The summed E-state index contributed by atoms with van der Waals surface area (Å²) in [6.45, 7) is 4.47. The zero-order valence-electron chi connectivity index (χ0n) is 13.2. The van der Waals surface area contributed by atoms with E-state index in [2.05, 4.69) is 24.0 Å². The highest BCUT2D eigenvalue weighted by atomic mass is 16.1. The number of hydrogen-bond acceptors (Lipinski definition) is 1. The van der Waals surface area contributed by atoms with Gasteiger partial charge in [-0.15, -0.1) is 6.58 Å². The lowest BCUT2D eigenvalue weighted by Crippen LogP contribution is -2.25. The summed E-state index contributed by atoms with van der Waals surface area (Å²) >= 11 is 0. The molecule has 1 N–H and O–H groups in total. The van der Waals surface area contributed by atoms with Crippen LogP contribution in [0.15, 0.2) is 43.0 Å². The van der Waals surface area contributed by atoms with Crippen molar-refractivity contribution in [2.75, 3.05) is 6.54 Å². The quantitative estimate of drug-likeness (QED) is 0.440. The minimum absolute atomic E-state index is 0.192. The summed E-state index contributed by atoms with van der Waals surface area (Å²) in [4.78, 5) is 11.7. The van der Waals surface area contributed by atoms with Crippen LogP contribution in [0.4, 0.5) is 0 Å². The molecule has 0 saturated carbocycles. The van der Waals surface area contributed by atoms with Crippen molar-refractivity contribution in [2.45, 2.75) is 57.8 Å². The van der Waals surface area contributed by atoms with Gasteiger partial charge in [-0.1, -0.05) is 62.1 Å². The summed E-state index contributed by atoms with van der Waals surface area (Å²) in [5.74, 6) is 0.192. The Hall–Kier alpha value is -1.57. The van der Waals surface area contributed by atoms with E-state index in [1.807, 2.05) is 24.3 Å². The molecule has 2 heteroatoms. The molecule has 2 nitrogen and oxygen atoms in total. The molecule has 1 rings (SSSR count). The first-order chi connectivity index (χ1) is 10.3. The average molecular weight is 287 g/mol. The second-order valence-corrected chi connectivity index (χ2v) is 5.53. The van der Waals surface area contributed by atoms with Gasteiger partial charge < -0.3 is 5.32 Å². The van der Waals surface area contributed by atoms with E-state index in [0.717, 1.165) is 25.8 Å². The molecule has 0 unspecified atom stereocenters. The third-order valence-electron chi connectivity index (χ3n) is 3.64. The SMILES string of the molecule is C=CCCCCCCCCC(=O)NCCc1ccccc1. The van der Waals surface area contributed by atoms with Gasteiger partial charge in [-0.25, -0.2) is 0 Å². The zero-order chi connectivity index (χ0) is 15.2. The van der Waals surface area contributed by atoms with Gasteiger partial charge in [0.1, 0.15) is 0 Å². The molecule has 0 atom stereocenters. The van der Waals surface area contributed by atoms with E-state index in [-0.39, 0.29) is 5.91 Å². The van der Waals surface area contributed by atoms with Crippen molar-refractivity contribution in [1.29, 1.82) is 0 Å². The molecule has 0 bridgehead atoms. The topological polar surface area (TPSA) is 29.1 Å². The van der Waals surface area contributed by atoms with Crippen LogP contribution in [0.25, 0.3) is 0 Å². The van der Waals surface area contributed by atoms with Crippen molar-refractivity contribution in [3.8, 4) is 0 Å². The molecule has 1 aromatic carbocycles. The highest BCUT2D eigenvalue weighted by molar-refractivity contribution is 5.75. The van der Waals surface area contributed by atoms with Crippen molar-refractivity contribution < 1.29 is 4.79 Å². The van der Waals surface area contributed by atoms with Gasteiger partial charge in [0.05, 0.1) is 0 Å². The number of allylic oxidation sites excluding steroid dienone is 1. The fraction of sp³-hybridized carbons (Fsp3) is 0.526. The highest BCUT2D eigenvalue weighted by Crippen LogP contribution is 2.08. The van der Waals surface area contributed by atoms with E-state index in [0.29, 0.717) is 6.42 Å². The maximum absolute atomic E-state index is 11.7. The van der Waals surface area contributed by atoms with Crippen molar-refractivity contribution in [3.05, 3.63) is 48.6 Å². The lowest BCUT2D eigenvalue weighted by Gasteiger charge is -2.05. The predicted octanol–water partition coefficient (Wildman–Crippen LogP) is 4.65. The second-order valence-electron chi connectivity index (χ2n) is 5.53. The largest absolute Gasteiger partial charge is 0.356 e. The first-order valence-corrected chi connectivity index (χ1v) is 8.24. The number of rotatable bonds is 12. The number of carbonyl (C=O) groups is 1. The number of nitrogens with one attached hydrogen (secondary N) is 1. The van der Waals surface area contributed by atoms with Crippen LogP contribution < -0.4 is 5.32 Å². The zero-order valence-corrected chi connectivity index (χ0v) is 13.2. The molecule has 0 heterocycles. The summed E-state index contributed by atoms with van der Waals surface area (Å²) in [6, 6.07) is 10.3. The standard InChI is InChI=1S/C19H29NO/c1-2-3-4-5-6-7-8-12-15-19(21)20-17-16-18-13-10-9-11-14-18/h2,9-11,13-14H,1,3-8,12,15-17H2,(H,20,21). The van der Waals surface area contributed by atoms with Crippen LogP contribution >= 0.6 is 0 Å². The molecule has 0 saturated heterocycles. The van der Waals surface area contributed by atoms with E-state index in [1.54, 1.807) is 0 Å². The maximum atomic E-state index is 11.7. The highest BCUT2D eigenvalue weighted by Gasteiger charge is 2.00. The number of benzene rings is 1. The molecule has 1 aromatic rings. The Morgan fingerprint density at radius 2 is 1.67 bits per heavy atom. The van der Waals surface area contributed by atoms with Gasteiger partial charge in [0.25, 0.3) is 0 Å². The van der Waals surface area contributed by atoms with Gasteiger partial charge in [0, 0.05) is 13.0 Å². The first-order valence-electron chi connectivity index (χ1n) is 8.24. The second kappa shape index (κ2) is 12.2. The van der Waals surface area contributed by atoms with Crippen LogP contribution in [0.3, 0.4) is 0 Å². The molecule has 1 amide bonds. The van der Waals surface area contributed by atoms with E-state index in [9.17, 15) is 4.79 Å². The van der Waals surface area contributed by atoms with E-state index in [4.69, 9.17) is 0 Å². The van der Waals surface area contributed by atoms with Crippen LogP contribution in [0.2, 0.25) is 0 Å². The van der Waals surface area contributed by atoms with Gasteiger partial charge in [-0.05, 0) is 31.2 Å². The molecule has 0 aliphatic heterocycles. The van der Waals surface area contributed by atoms with E-state index in [1.165, 1.54) is 37.7 Å². The number of hydrogen-bond donors (Lipinski definition) is 1. The van der Waals surface area contributed by atoms with Gasteiger partial charge in [0.15, 0.2) is 0 Å². The molecule has 0 fully saturated rings. The Balaban J connectivity index is 1.91. The van der Waals surface area contributed by atoms with Crippen molar-refractivity contribution in [2.24, 2.45) is 0 Å². The lowest BCUT2D eigenvalue weighted by atomic mass is 10.1. The van der Waals surface area contributed by atoms with E-state index >= 15 is 0 Å². The van der Waals surface area contributed by atoms with E-state index < -0.39 is 0 Å². The van der Waals surface area contributed by atoms with Gasteiger partial charge >= 0.3 is 0 Å². The Morgan fingerprint density at radius 1 is 1.00 bits per heavy atom. The molecule has 0 aliphatic carbocycles. The van der Waals surface area contributed by atoms with Crippen molar-refractivity contribution in [1.82, 2.24) is 5.32 Å². The monoisotopic (exact) mass is 287 g/mol. The Morgan fingerprint density at radius 3 is 2.38 bits per heavy atom. The first kappa shape index (κ1) is 17.5. The minimum Gasteiger partial charge on any atom is -0.356 e. The maximum Gasteiger partial charge on any atom is 0.220 e. The third kappa shape index (κ3) is 9.89. The minimum atomic E-state index is 0.192. The van der Waals surface area contributed by atoms with Crippen LogP contribution in [-0.2, 0) is 11.2 Å². The summed E-state index contributed by atoms with van der Waals surface area (Å²) in [5.41, 5.74) is 1.28. The fourth-order valence-electron chi connectivity index (χ4n) is 2.36. The van der Waals surface area contributed by atoms with Gasteiger partial charge in [-0.3, -0.25) is 4.79 Å². The Bertz CT molecular complexity index is 386. The van der Waals surface area contributed by atoms with Crippen LogP contribution in [0.5, 0.6) is 0 Å². The Labute approximate surface area is 129 Å². The molecule has 0 spiro atoms. The molecule has 116 valence electrons. The molecular weight excluding hydrogens is 258 g/mol. The average Bonchev–Trinajstić information content (AvgIpc) is 2.51. The summed E-state index contributed by atoms with van der Waals surface area (Å²) < 4.78 is 0. The molecule has 0 radical (unpaired) electrons. The van der Waals surface area contributed by atoms with Crippen LogP contribution in [0.1, 0.15) is 56.9 Å². The summed E-state index contributed by atoms with van der Waals surface area (Å²) in [5, 5.41) is 3.00. The lowest BCUT2D eigenvalue weighted by molar-refractivity contribution is -0.121. The number of unbranched alkanes of at least 4 members (excludes halogenated alkanes) is 6. The summed E-state index contributed by atoms with van der Waals surface area (Å²) in [7, 11) is 0. The molecule has 0 aromatic heterocycles. The van der Waals surface area contributed by atoms with Crippen LogP contribution in [-0.4, -0.2) is 12.5 Å². The number of amides is 1. The number of carbonyl (C=O) groups excluding carboxylic acids is 1. The summed E-state index contributed by atoms with van der Waals surface area (Å²) in [6.07, 6.45) is 11.9. The Kier molecular flexibility index (Phi) is 10.1. The van der Waals surface area contributed by atoms with Crippen LogP contribution in [0, 0.1) is 0 Å². The third-order valence-corrected chi connectivity index (χ3v) is 3.64. The predicted molar refractivity (Wildman–Crippen MR) is 90.3 cm³/mol. The van der Waals surface area contributed by atoms with Gasteiger partial charge in [-0.2, -0.15) is 0 Å². The normalized spacial score (nSPS) is 10.3. The fourth-order valence-corrected chi connectivity index (χ4v) is 2.36. The van der Waals surface area contributed by atoms with Crippen molar-refractivity contribution >= 4 is 5.91 Å². The molecular formula is C19H29NO. The van der Waals surface area contributed by atoms with Gasteiger partial charge in [0.2, 0.25) is 5.91 Å².